The summed E-state index contributed by atoms with van der Waals surface area (Å²) in [6.07, 6.45) is 17.9. The first kappa shape index (κ1) is 25.4. The van der Waals surface area contributed by atoms with Gasteiger partial charge < -0.3 is 5.32 Å². The number of rotatable bonds is 12. The van der Waals surface area contributed by atoms with Crippen LogP contribution in [0, 0.1) is 0 Å². The highest BCUT2D eigenvalue weighted by Crippen LogP contribution is 2.14. The van der Waals surface area contributed by atoms with E-state index in [0.29, 0.717) is 0 Å². The molecule has 3 heteroatoms. The van der Waals surface area contributed by atoms with Crippen molar-refractivity contribution in [3.8, 4) is 0 Å². The van der Waals surface area contributed by atoms with Gasteiger partial charge in [0.15, 0.2) is 0 Å². The summed E-state index contributed by atoms with van der Waals surface area (Å²) < 4.78 is 0. The number of hydrogen-bond donors (Lipinski definition) is 1. The third kappa shape index (κ3) is 12.5. The minimum atomic E-state index is 0.0383. The first-order valence-electron chi connectivity index (χ1n) is 11.4. The van der Waals surface area contributed by atoms with Gasteiger partial charge in [0.05, 0.1) is 6.17 Å². The van der Waals surface area contributed by atoms with Gasteiger partial charge >= 0.3 is 0 Å². The highest BCUT2D eigenvalue weighted by atomic mass is 16.1. The van der Waals surface area contributed by atoms with E-state index in [-0.39, 0.29) is 12.1 Å². The minimum absolute atomic E-state index is 0.0383. The van der Waals surface area contributed by atoms with Gasteiger partial charge in [-0.1, -0.05) is 40.5 Å². The molecular weight excluding hydrogens is 356 g/mol. The zero-order valence-electron chi connectivity index (χ0n) is 19.8. The standard InChI is InChI=1S/C26H44N2O/c1-21(2)12-9-13-22(3)14-10-15-23(4)16-11-17-24(5)20-26(29)27-25(6)28-18-7-8-19-28/h12,14,16,20,25H,7-11,13,15,17-19H2,1-6H3,(H,27,29)/b22-14+,23-16+,24-20+. The maximum absolute atomic E-state index is 12.2. The normalized spacial score (nSPS) is 17.4. The highest BCUT2D eigenvalue weighted by molar-refractivity contribution is 5.88. The molecule has 1 rings (SSSR count). The Bertz CT molecular complexity index is 615. The van der Waals surface area contributed by atoms with E-state index in [2.05, 4.69) is 70.0 Å². The van der Waals surface area contributed by atoms with E-state index in [0.717, 1.165) is 57.2 Å². The molecule has 164 valence electrons. The summed E-state index contributed by atoms with van der Waals surface area (Å²) in [5.74, 6) is 0.0383. The van der Waals surface area contributed by atoms with Gasteiger partial charge in [-0.2, -0.15) is 0 Å². The molecule has 29 heavy (non-hydrogen) atoms. The number of nitrogens with zero attached hydrogens (tertiary/aromatic N) is 1. The van der Waals surface area contributed by atoms with Crippen LogP contribution in [-0.4, -0.2) is 30.1 Å². The molecule has 1 N–H and O–H groups in total. The summed E-state index contributed by atoms with van der Waals surface area (Å²) >= 11 is 0. The summed E-state index contributed by atoms with van der Waals surface area (Å²) in [6, 6.07) is 0. The Hall–Kier alpha value is -1.61. The van der Waals surface area contributed by atoms with E-state index in [1.807, 2.05) is 0 Å². The molecule has 1 saturated heterocycles. The first-order chi connectivity index (χ1) is 13.8. The average molecular weight is 401 g/mol. The Balaban J connectivity index is 2.27. The van der Waals surface area contributed by atoms with Crippen molar-refractivity contribution in [1.29, 1.82) is 0 Å². The third-order valence-electron chi connectivity index (χ3n) is 5.57. The second-order valence-electron chi connectivity index (χ2n) is 8.92. The van der Waals surface area contributed by atoms with Crippen LogP contribution in [0.3, 0.4) is 0 Å². The van der Waals surface area contributed by atoms with Gasteiger partial charge in [-0.05, 0) is 92.9 Å². The molecular formula is C26H44N2O. The molecule has 1 aliphatic heterocycles. The molecule has 0 aliphatic carbocycles. The summed E-state index contributed by atoms with van der Waals surface area (Å²) in [7, 11) is 0. The van der Waals surface area contributed by atoms with Crippen LogP contribution in [0.25, 0.3) is 0 Å². The molecule has 0 bridgehead atoms. The van der Waals surface area contributed by atoms with Crippen molar-refractivity contribution in [2.24, 2.45) is 0 Å². The summed E-state index contributed by atoms with van der Waals surface area (Å²) in [4.78, 5) is 14.5. The molecule has 1 atom stereocenters. The van der Waals surface area contributed by atoms with Crippen LogP contribution in [0.4, 0.5) is 0 Å². The maximum atomic E-state index is 12.2. The number of allylic oxidation sites excluding steroid dienone is 7. The van der Waals surface area contributed by atoms with Gasteiger partial charge in [0.1, 0.15) is 0 Å². The van der Waals surface area contributed by atoms with Gasteiger partial charge in [0, 0.05) is 19.2 Å². The number of hydrogen-bond acceptors (Lipinski definition) is 2. The topological polar surface area (TPSA) is 32.3 Å². The fraction of sp³-hybridized carbons (Fsp3) is 0.654. The summed E-state index contributed by atoms with van der Waals surface area (Å²) in [6.45, 7) is 15.1. The van der Waals surface area contributed by atoms with Crippen LogP contribution in [0.2, 0.25) is 0 Å². The van der Waals surface area contributed by atoms with Crippen LogP contribution in [0.1, 0.15) is 92.9 Å². The molecule has 1 fully saturated rings. The molecule has 1 unspecified atom stereocenters. The van der Waals surface area contributed by atoms with Crippen molar-refractivity contribution >= 4 is 5.91 Å². The van der Waals surface area contributed by atoms with Crippen molar-refractivity contribution in [2.45, 2.75) is 99.1 Å². The zero-order valence-corrected chi connectivity index (χ0v) is 19.8. The van der Waals surface area contributed by atoms with E-state index >= 15 is 0 Å². The Morgan fingerprint density at radius 2 is 1.31 bits per heavy atom. The fourth-order valence-corrected chi connectivity index (χ4v) is 3.65. The van der Waals surface area contributed by atoms with E-state index < -0.39 is 0 Å². The van der Waals surface area contributed by atoms with Crippen molar-refractivity contribution < 1.29 is 4.79 Å². The van der Waals surface area contributed by atoms with Gasteiger partial charge in [0.2, 0.25) is 5.91 Å². The molecule has 1 amide bonds. The smallest absolute Gasteiger partial charge is 0.245 e. The predicted molar refractivity (Wildman–Crippen MR) is 127 cm³/mol. The second-order valence-corrected chi connectivity index (χ2v) is 8.92. The van der Waals surface area contributed by atoms with Crippen molar-refractivity contribution in [3.63, 3.8) is 0 Å². The van der Waals surface area contributed by atoms with E-state index in [1.165, 1.54) is 29.6 Å². The number of carbonyl (C=O) groups is 1. The largest absolute Gasteiger partial charge is 0.337 e. The van der Waals surface area contributed by atoms with Gasteiger partial charge in [-0.3, -0.25) is 9.69 Å². The zero-order chi connectivity index (χ0) is 21.6. The number of amides is 1. The number of likely N-dealkylation sites (tertiary alicyclic amines) is 1. The quantitative estimate of drug-likeness (QED) is 0.292. The van der Waals surface area contributed by atoms with Crippen LogP contribution in [0.5, 0.6) is 0 Å². The molecule has 0 aromatic heterocycles. The Morgan fingerprint density at radius 3 is 1.83 bits per heavy atom. The number of carbonyl (C=O) groups excluding carboxylic acids is 1. The Labute approximate surface area is 180 Å². The molecule has 0 aromatic rings. The molecule has 0 aromatic carbocycles. The highest BCUT2D eigenvalue weighted by Gasteiger charge is 2.18. The predicted octanol–water partition coefficient (Wildman–Crippen LogP) is 6.69. The van der Waals surface area contributed by atoms with Gasteiger partial charge in [-0.15, -0.1) is 0 Å². The first-order valence-corrected chi connectivity index (χ1v) is 11.4. The Kier molecular flexibility index (Phi) is 12.6. The van der Waals surface area contributed by atoms with E-state index in [1.54, 1.807) is 6.08 Å². The lowest BCUT2D eigenvalue weighted by molar-refractivity contribution is -0.118. The molecule has 1 aliphatic rings. The van der Waals surface area contributed by atoms with Crippen molar-refractivity contribution in [3.05, 3.63) is 46.6 Å². The van der Waals surface area contributed by atoms with Crippen molar-refractivity contribution in [1.82, 2.24) is 10.2 Å². The van der Waals surface area contributed by atoms with Crippen LogP contribution in [-0.2, 0) is 4.79 Å². The van der Waals surface area contributed by atoms with Gasteiger partial charge in [0.25, 0.3) is 0 Å². The lowest BCUT2D eigenvalue weighted by atomic mass is 10.0. The minimum Gasteiger partial charge on any atom is -0.337 e. The van der Waals surface area contributed by atoms with Crippen LogP contribution < -0.4 is 5.32 Å². The monoisotopic (exact) mass is 400 g/mol. The fourth-order valence-electron chi connectivity index (χ4n) is 3.65. The van der Waals surface area contributed by atoms with Crippen LogP contribution in [0.15, 0.2) is 46.6 Å². The SMILES string of the molecule is CC(C)=CCC/C(C)=C/CC/C(C)=C/CC/C(C)=C/C(=O)NC(C)N1CCCC1. The molecule has 0 saturated carbocycles. The molecule has 3 nitrogen and oxygen atoms in total. The Morgan fingerprint density at radius 1 is 0.828 bits per heavy atom. The summed E-state index contributed by atoms with van der Waals surface area (Å²) in [5, 5.41) is 3.10. The third-order valence-corrected chi connectivity index (χ3v) is 5.57. The lowest BCUT2D eigenvalue weighted by Crippen LogP contribution is -2.44. The van der Waals surface area contributed by atoms with Gasteiger partial charge in [-0.25, -0.2) is 0 Å². The molecule has 0 radical (unpaired) electrons. The lowest BCUT2D eigenvalue weighted by Gasteiger charge is -2.24. The van der Waals surface area contributed by atoms with Crippen molar-refractivity contribution in [2.75, 3.05) is 13.1 Å². The average Bonchev–Trinajstić information content (AvgIpc) is 3.16. The number of nitrogens with one attached hydrogen (secondary N) is 1. The molecule has 1 heterocycles. The maximum Gasteiger partial charge on any atom is 0.245 e. The van der Waals surface area contributed by atoms with Crippen LogP contribution >= 0.6 is 0 Å². The van der Waals surface area contributed by atoms with E-state index in [9.17, 15) is 4.79 Å². The second kappa shape index (κ2) is 14.4. The summed E-state index contributed by atoms with van der Waals surface area (Å²) in [5.41, 5.74) is 5.48. The molecule has 0 spiro atoms. The van der Waals surface area contributed by atoms with E-state index in [4.69, 9.17) is 0 Å².